The molecule has 0 radical (unpaired) electrons. The van der Waals surface area contributed by atoms with Crippen LogP contribution in [0.1, 0.15) is 0 Å². The van der Waals surface area contributed by atoms with Gasteiger partial charge in [-0.2, -0.15) is 0 Å². The third-order valence-electron chi connectivity index (χ3n) is 4.95. The van der Waals surface area contributed by atoms with Gasteiger partial charge in [-0.25, -0.2) is 4.90 Å². The Hall–Kier alpha value is -4.84. The molecule has 1 aliphatic heterocycles. The quantitative estimate of drug-likeness (QED) is 0.302. The molecule has 1 heterocycles. The molecule has 5 rings (SSSR count). The summed E-state index contributed by atoms with van der Waals surface area (Å²) < 4.78 is 17.8. The van der Waals surface area contributed by atoms with Gasteiger partial charge < -0.3 is 14.2 Å². The highest BCUT2D eigenvalue weighted by Crippen LogP contribution is 2.32. The van der Waals surface area contributed by atoms with E-state index in [1.54, 1.807) is 36.4 Å². The van der Waals surface area contributed by atoms with E-state index in [2.05, 4.69) is 0 Å². The number of carbonyl (C=O) groups excluding carboxylic acids is 2. The maximum Gasteiger partial charge on any atom is 0.258 e. The maximum atomic E-state index is 12.0. The standard InChI is InChI=1S/C28H19NO5/c30-27-15-16-28(31)29(27)20-7-4-10-22(17-20)33-24-12-6-14-26(19-24)34-25-13-5-11-23(18-25)32-21-8-2-1-3-9-21/h1-19H. The zero-order chi connectivity index (χ0) is 23.3. The molecule has 0 aromatic heterocycles. The summed E-state index contributed by atoms with van der Waals surface area (Å²) in [6.45, 7) is 0. The summed E-state index contributed by atoms with van der Waals surface area (Å²) >= 11 is 0. The molecule has 0 aliphatic carbocycles. The van der Waals surface area contributed by atoms with Crippen molar-refractivity contribution in [3.05, 3.63) is 115 Å². The van der Waals surface area contributed by atoms with Crippen molar-refractivity contribution in [1.29, 1.82) is 0 Å². The van der Waals surface area contributed by atoms with Crippen molar-refractivity contribution in [2.24, 2.45) is 0 Å². The number of amides is 2. The first-order chi connectivity index (χ1) is 16.6. The molecule has 0 N–H and O–H groups in total. The average Bonchev–Trinajstić information content (AvgIpc) is 3.18. The van der Waals surface area contributed by atoms with Crippen LogP contribution in [0.2, 0.25) is 0 Å². The van der Waals surface area contributed by atoms with E-state index in [9.17, 15) is 9.59 Å². The van der Waals surface area contributed by atoms with Gasteiger partial charge in [-0.1, -0.05) is 36.4 Å². The number of hydrogen-bond donors (Lipinski definition) is 0. The molecule has 0 saturated carbocycles. The lowest BCUT2D eigenvalue weighted by atomic mass is 10.2. The Kier molecular flexibility index (Phi) is 5.78. The normalized spacial score (nSPS) is 12.6. The van der Waals surface area contributed by atoms with Gasteiger partial charge in [0.1, 0.15) is 34.5 Å². The number of ether oxygens (including phenoxy) is 3. The molecular formula is C28H19NO5. The van der Waals surface area contributed by atoms with E-state index in [1.165, 1.54) is 12.2 Å². The summed E-state index contributed by atoms with van der Waals surface area (Å²) in [6.07, 6.45) is 2.49. The Labute approximate surface area is 196 Å². The number of benzene rings is 4. The molecule has 34 heavy (non-hydrogen) atoms. The molecule has 2 amide bonds. The van der Waals surface area contributed by atoms with Crippen LogP contribution in [-0.4, -0.2) is 11.8 Å². The molecule has 1 aliphatic rings. The van der Waals surface area contributed by atoms with Crippen molar-refractivity contribution in [3.63, 3.8) is 0 Å². The average molecular weight is 449 g/mol. The summed E-state index contributed by atoms with van der Waals surface area (Å²) in [7, 11) is 0. The minimum Gasteiger partial charge on any atom is -0.457 e. The van der Waals surface area contributed by atoms with Crippen molar-refractivity contribution >= 4 is 17.5 Å². The molecule has 6 nitrogen and oxygen atoms in total. The summed E-state index contributed by atoms with van der Waals surface area (Å²) in [4.78, 5) is 25.0. The predicted molar refractivity (Wildman–Crippen MR) is 128 cm³/mol. The van der Waals surface area contributed by atoms with E-state index in [4.69, 9.17) is 14.2 Å². The van der Waals surface area contributed by atoms with E-state index in [-0.39, 0.29) is 11.8 Å². The number of anilines is 1. The fourth-order valence-electron chi connectivity index (χ4n) is 3.44. The molecule has 0 atom stereocenters. The molecule has 4 aromatic rings. The van der Waals surface area contributed by atoms with Gasteiger partial charge in [0.15, 0.2) is 0 Å². The molecule has 0 unspecified atom stereocenters. The van der Waals surface area contributed by atoms with E-state index in [0.717, 1.165) is 10.6 Å². The first-order valence-corrected chi connectivity index (χ1v) is 10.6. The van der Waals surface area contributed by atoms with Gasteiger partial charge in [-0.15, -0.1) is 0 Å². The van der Waals surface area contributed by atoms with E-state index in [0.29, 0.717) is 34.4 Å². The summed E-state index contributed by atoms with van der Waals surface area (Å²) in [6, 6.07) is 30.9. The van der Waals surface area contributed by atoms with Gasteiger partial charge in [-0.05, 0) is 48.5 Å². The van der Waals surface area contributed by atoms with E-state index in [1.807, 2.05) is 66.7 Å². The largest absolute Gasteiger partial charge is 0.457 e. The van der Waals surface area contributed by atoms with Crippen LogP contribution in [0.15, 0.2) is 115 Å². The van der Waals surface area contributed by atoms with Crippen molar-refractivity contribution in [1.82, 2.24) is 0 Å². The Morgan fingerprint density at radius 2 is 0.853 bits per heavy atom. The topological polar surface area (TPSA) is 65.1 Å². The van der Waals surface area contributed by atoms with Crippen LogP contribution >= 0.6 is 0 Å². The van der Waals surface area contributed by atoms with Crippen LogP contribution in [0.5, 0.6) is 34.5 Å². The molecule has 0 saturated heterocycles. The molecule has 4 aromatic carbocycles. The van der Waals surface area contributed by atoms with Crippen molar-refractivity contribution in [2.45, 2.75) is 0 Å². The summed E-state index contributed by atoms with van der Waals surface area (Å²) in [5.41, 5.74) is 0.445. The lowest BCUT2D eigenvalue weighted by Gasteiger charge is -2.15. The zero-order valence-electron chi connectivity index (χ0n) is 18.0. The van der Waals surface area contributed by atoms with E-state index >= 15 is 0 Å². The molecular weight excluding hydrogens is 430 g/mol. The fourth-order valence-corrected chi connectivity index (χ4v) is 3.44. The number of hydrogen-bond acceptors (Lipinski definition) is 5. The zero-order valence-corrected chi connectivity index (χ0v) is 18.0. The Morgan fingerprint density at radius 1 is 0.441 bits per heavy atom. The Balaban J connectivity index is 1.29. The van der Waals surface area contributed by atoms with Gasteiger partial charge in [0.25, 0.3) is 11.8 Å². The monoisotopic (exact) mass is 449 g/mol. The predicted octanol–water partition coefficient (Wildman–Crippen LogP) is 6.49. The minimum absolute atomic E-state index is 0.379. The van der Waals surface area contributed by atoms with Gasteiger partial charge in [-0.3, -0.25) is 9.59 Å². The SMILES string of the molecule is O=C1C=CC(=O)N1c1cccc(Oc2cccc(Oc3cccc(Oc4ccccc4)c3)c2)c1. The van der Waals surface area contributed by atoms with Crippen LogP contribution < -0.4 is 19.1 Å². The highest BCUT2D eigenvalue weighted by molar-refractivity contribution is 6.28. The highest BCUT2D eigenvalue weighted by Gasteiger charge is 2.25. The second-order valence-electron chi connectivity index (χ2n) is 7.41. The van der Waals surface area contributed by atoms with Crippen LogP contribution in [0.4, 0.5) is 5.69 Å². The van der Waals surface area contributed by atoms with Crippen molar-refractivity contribution in [2.75, 3.05) is 4.90 Å². The number of para-hydroxylation sites is 1. The molecule has 6 heteroatoms. The van der Waals surface area contributed by atoms with Gasteiger partial charge in [0.05, 0.1) is 5.69 Å². The van der Waals surface area contributed by atoms with Crippen molar-refractivity contribution in [3.8, 4) is 34.5 Å². The summed E-state index contributed by atoms with van der Waals surface area (Å²) in [5, 5.41) is 0. The van der Waals surface area contributed by atoms with Crippen molar-refractivity contribution < 1.29 is 23.8 Å². The second-order valence-corrected chi connectivity index (χ2v) is 7.41. The molecule has 0 bridgehead atoms. The number of nitrogens with zero attached hydrogens (tertiary/aromatic N) is 1. The van der Waals surface area contributed by atoms with Crippen LogP contribution in [-0.2, 0) is 9.59 Å². The smallest absolute Gasteiger partial charge is 0.258 e. The first kappa shape index (κ1) is 21.0. The van der Waals surface area contributed by atoms with Gasteiger partial charge in [0, 0.05) is 30.4 Å². The maximum absolute atomic E-state index is 12.0. The molecule has 0 fully saturated rings. The third kappa shape index (κ3) is 4.81. The van der Waals surface area contributed by atoms with Gasteiger partial charge >= 0.3 is 0 Å². The minimum atomic E-state index is -0.379. The number of imide groups is 1. The second kappa shape index (κ2) is 9.34. The number of rotatable bonds is 7. The Bertz CT molecular complexity index is 1360. The summed E-state index contributed by atoms with van der Waals surface area (Å²) in [5.74, 6) is 2.88. The lowest BCUT2D eigenvalue weighted by molar-refractivity contribution is -0.119. The fraction of sp³-hybridized carbons (Fsp3) is 0. The highest BCUT2D eigenvalue weighted by atomic mass is 16.5. The first-order valence-electron chi connectivity index (χ1n) is 10.6. The molecule has 0 spiro atoms. The van der Waals surface area contributed by atoms with E-state index < -0.39 is 0 Å². The third-order valence-corrected chi connectivity index (χ3v) is 4.95. The van der Waals surface area contributed by atoms with Crippen LogP contribution in [0.25, 0.3) is 0 Å². The molecule has 166 valence electrons. The van der Waals surface area contributed by atoms with Crippen LogP contribution in [0.3, 0.4) is 0 Å². The van der Waals surface area contributed by atoms with Crippen LogP contribution in [0, 0.1) is 0 Å². The van der Waals surface area contributed by atoms with Gasteiger partial charge in [0.2, 0.25) is 0 Å². The lowest BCUT2D eigenvalue weighted by Crippen LogP contribution is -2.29. The number of carbonyl (C=O) groups is 2. The Morgan fingerprint density at radius 3 is 1.38 bits per heavy atom.